The molecule has 2 saturated carbocycles. The van der Waals surface area contributed by atoms with E-state index in [4.69, 9.17) is 10.8 Å². The van der Waals surface area contributed by atoms with Crippen LogP contribution >= 0.6 is 11.8 Å². The molecule has 42 heavy (non-hydrogen) atoms. The van der Waals surface area contributed by atoms with Crippen LogP contribution in [0.3, 0.4) is 0 Å². The molecule has 0 spiro atoms. The lowest BCUT2D eigenvalue weighted by Gasteiger charge is -2.16. The fourth-order valence-electron chi connectivity index (χ4n) is 5.68. The van der Waals surface area contributed by atoms with E-state index in [-0.39, 0.29) is 23.4 Å². The van der Waals surface area contributed by atoms with Crippen molar-refractivity contribution >= 4 is 40.4 Å². The predicted octanol–water partition coefficient (Wildman–Crippen LogP) is 3.10. The number of nitrogens with zero attached hydrogens (tertiary/aromatic N) is 6. The molecule has 1 saturated heterocycles. The molecule has 2 aliphatic heterocycles. The van der Waals surface area contributed by atoms with E-state index >= 15 is 0 Å². The lowest BCUT2D eigenvalue weighted by Crippen LogP contribution is -2.38. The van der Waals surface area contributed by atoms with E-state index in [1.165, 1.54) is 36.9 Å². The minimum atomic E-state index is -0.151. The summed E-state index contributed by atoms with van der Waals surface area (Å²) in [7, 11) is 2.10. The number of nitrogens with two attached hydrogens (primary N) is 1. The molecule has 2 aromatic heterocycles. The first kappa shape index (κ1) is 27.0. The summed E-state index contributed by atoms with van der Waals surface area (Å²) < 4.78 is 1.88. The standard InChI is InChI=1S/C30H35N9O2S/c1-37(21-10-11-21)13-2-3-24(40)38-14-12-22(16-38)39-28-25(27(31)33-17-34-28)26(36-39)19-6-8-20(9-7-19)29(41)35-30-32-15-23(42-30)18-4-5-18/h2-3,6-9,15,17-18,21-22,30,32H,4-5,10-14,16H2,1H3,(H,35,41)(H2,31,33,34)/b3-2+/t22-,30?/m1/s1. The minimum Gasteiger partial charge on any atom is -0.383 e. The maximum absolute atomic E-state index is 12.9. The molecular formula is C30H35N9O2S. The van der Waals surface area contributed by atoms with Crippen LogP contribution in [-0.4, -0.2) is 79.6 Å². The molecule has 218 valence electrons. The number of amides is 2. The molecule has 1 unspecified atom stereocenters. The Balaban J connectivity index is 1.05. The molecule has 4 N–H and O–H groups in total. The van der Waals surface area contributed by atoms with Crippen molar-refractivity contribution in [3.63, 3.8) is 0 Å². The zero-order valence-corrected chi connectivity index (χ0v) is 24.4. The molecule has 2 atom stereocenters. The third kappa shape index (κ3) is 5.48. The molecular weight excluding hydrogens is 550 g/mol. The van der Waals surface area contributed by atoms with E-state index in [0.717, 1.165) is 18.5 Å². The number of rotatable bonds is 9. The molecule has 3 aromatic rings. The summed E-state index contributed by atoms with van der Waals surface area (Å²) in [6.07, 6.45) is 12.8. The molecule has 2 amide bonds. The van der Waals surface area contributed by atoms with E-state index in [1.807, 2.05) is 34.0 Å². The van der Waals surface area contributed by atoms with Crippen molar-refractivity contribution in [3.05, 3.63) is 59.4 Å². The molecule has 7 rings (SSSR count). The van der Waals surface area contributed by atoms with Crippen molar-refractivity contribution in [2.75, 3.05) is 32.4 Å². The smallest absolute Gasteiger partial charge is 0.253 e. The minimum absolute atomic E-state index is 0.0205. The van der Waals surface area contributed by atoms with Gasteiger partial charge in [0.2, 0.25) is 5.91 Å². The largest absolute Gasteiger partial charge is 0.383 e. The number of hydrogen-bond acceptors (Lipinski definition) is 9. The highest BCUT2D eigenvalue weighted by Crippen LogP contribution is 2.44. The monoisotopic (exact) mass is 585 g/mol. The molecule has 12 heteroatoms. The van der Waals surface area contributed by atoms with Crippen LogP contribution in [0.1, 0.15) is 48.5 Å². The Hall–Kier alpha value is -3.90. The average Bonchev–Trinajstić information content (AvgIpc) is 3.89. The van der Waals surface area contributed by atoms with Crippen LogP contribution in [0.4, 0.5) is 5.82 Å². The van der Waals surface area contributed by atoms with Gasteiger partial charge in [-0.1, -0.05) is 30.0 Å². The Bertz CT molecular complexity index is 1580. The summed E-state index contributed by atoms with van der Waals surface area (Å²) in [5.74, 6) is 0.884. The summed E-state index contributed by atoms with van der Waals surface area (Å²) >= 11 is 1.68. The Kier molecular flexibility index (Phi) is 7.10. The van der Waals surface area contributed by atoms with E-state index in [1.54, 1.807) is 30.0 Å². The van der Waals surface area contributed by atoms with Gasteiger partial charge < -0.3 is 21.3 Å². The number of thioether (sulfide) groups is 1. The van der Waals surface area contributed by atoms with Gasteiger partial charge in [-0.15, -0.1) is 0 Å². The fraction of sp³-hybridized carbons (Fsp3) is 0.433. The Labute approximate surface area is 248 Å². The molecule has 4 heterocycles. The van der Waals surface area contributed by atoms with E-state index in [0.29, 0.717) is 53.2 Å². The maximum Gasteiger partial charge on any atom is 0.253 e. The number of carbonyl (C=O) groups is 2. The molecule has 0 bridgehead atoms. The number of hydrogen-bond donors (Lipinski definition) is 3. The van der Waals surface area contributed by atoms with Crippen molar-refractivity contribution in [1.82, 2.24) is 40.2 Å². The lowest BCUT2D eigenvalue weighted by molar-refractivity contribution is -0.125. The van der Waals surface area contributed by atoms with Gasteiger partial charge in [0.05, 0.1) is 11.4 Å². The first-order valence-electron chi connectivity index (χ1n) is 14.6. The van der Waals surface area contributed by atoms with Crippen LogP contribution in [0.2, 0.25) is 0 Å². The van der Waals surface area contributed by atoms with Crippen molar-refractivity contribution in [3.8, 4) is 11.3 Å². The zero-order valence-electron chi connectivity index (χ0n) is 23.6. The lowest BCUT2D eigenvalue weighted by atomic mass is 10.1. The summed E-state index contributed by atoms with van der Waals surface area (Å²) in [5.41, 5.74) is 8.87. The number of benzene rings is 1. The van der Waals surface area contributed by atoms with Crippen LogP contribution in [0, 0.1) is 5.92 Å². The van der Waals surface area contributed by atoms with Crippen LogP contribution in [0.25, 0.3) is 22.3 Å². The number of aromatic nitrogens is 4. The van der Waals surface area contributed by atoms with E-state index < -0.39 is 0 Å². The number of anilines is 1. The number of carbonyl (C=O) groups excluding carboxylic acids is 2. The van der Waals surface area contributed by atoms with Gasteiger partial charge >= 0.3 is 0 Å². The highest BCUT2D eigenvalue weighted by molar-refractivity contribution is 8.03. The number of nitrogen functional groups attached to an aromatic ring is 1. The van der Waals surface area contributed by atoms with Crippen molar-refractivity contribution < 1.29 is 9.59 Å². The molecule has 2 aliphatic carbocycles. The quantitative estimate of drug-likeness (QED) is 0.324. The highest BCUT2D eigenvalue weighted by atomic mass is 32.2. The molecule has 1 aromatic carbocycles. The van der Waals surface area contributed by atoms with Gasteiger partial charge in [-0.25, -0.2) is 14.6 Å². The Morgan fingerprint density at radius 1 is 1.17 bits per heavy atom. The number of fused-ring (bicyclic) bond motifs is 1. The molecule has 3 fully saturated rings. The van der Waals surface area contributed by atoms with Crippen LogP contribution < -0.4 is 16.4 Å². The topological polar surface area (TPSA) is 134 Å². The molecule has 11 nitrogen and oxygen atoms in total. The number of likely N-dealkylation sites (tertiary alicyclic amines) is 1. The summed E-state index contributed by atoms with van der Waals surface area (Å²) in [6.45, 7) is 1.98. The van der Waals surface area contributed by atoms with E-state index in [9.17, 15) is 9.59 Å². The molecule has 4 aliphatic rings. The average molecular weight is 586 g/mol. The highest BCUT2D eigenvalue weighted by Gasteiger charge is 2.33. The van der Waals surface area contributed by atoms with Gasteiger partial charge in [-0.05, 0) is 57.2 Å². The van der Waals surface area contributed by atoms with Gasteiger partial charge in [-0.3, -0.25) is 14.5 Å². The first-order chi connectivity index (χ1) is 20.4. The maximum atomic E-state index is 12.9. The number of allylic oxidation sites excluding steroid dienone is 1. The van der Waals surface area contributed by atoms with Crippen LogP contribution in [0.5, 0.6) is 0 Å². The van der Waals surface area contributed by atoms with Crippen molar-refractivity contribution in [2.24, 2.45) is 5.92 Å². The van der Waals surface area contributed by atoms with Crippen LogP contribution in [-0.2, 0) is 4.79 Å². The second-order valence-corrected chi connectivity index (χ2v) is 12.8. The second kappa shape index (κ2) is 11.1. The molecule has 0 radical (unpaired) electrons. The predicted molar refractivity (Wildman–Crippen MR) is 163 cm³/mol. The number of nitrogens with one attached hydrogen (secondary N) is 2. The van der Waals surface area contributed by atoms with Gasteiger partial charge in [0, 0.05) is 54.0 Å². The van der Waals surface area contributed by atoms with Crippen molar-refractivity contribution in [1.29, 1.82) is 0 Å². The zero-order chi connectivity index (χ0) is 28.8. The second-order valence-electron chi connectivity index (χ2n) is 11.6. The van der Waals surface area contributed by atoms with Gasteiger partial charge in [-0.2, -0.15) is 5.10 Å². The normalized spacial score (nSPS) is 22.2. The SMILES string of the molecule is CN(C/C=C/C(=O)N1CC[C@@H](n2nc(-c3ccc(C(=O)NC4NC=C(C5CC5)S4)cc3)c3c(N)ncnc32)C1)C1CC1. The van der Waals surface area contributed by atoms with E-state index in [2.05, 4.69) is 32.5 Å². The van der Waals surface area contributed by atoms with Crippen LogP contribution in [0.15, 0.2) is 53.8 Å². The van der Waals surface area contributed by atoms with Gasteiger partial charge in [0.1, 0.15) is 17.8 Å². The summed E-state index contributed by atoms with van der Waals surface area (Å²) in [4.78, 5) is 40.0. The van der Waals surface area contributed by atoms with Crippen molar-refractivity contribution in [2.45, 2.75) is 49.7 Å². The van der Waals surface area contributed by atoms with Gasteiger partial charge in [0.15, 0.2) is 11.1 Å². The Morgan fingerprint density at radius 2 is 1.98 bits per heavy atom. The first-order valence-corrected chi connectivity index (χ1v) is 15.5. The Morgan fingerprint density at radius 3 is 2.74 bits per heavy atom. The summed E-state index contributed by atoms with van der Waals surface area (Å²) in [6, 6.07) is 7.99. The third-order valence-electron chi connectivity index (χ3n) is 8.46. The van der Waals surface area contributed by atoms with Gasteiger partial charge in [0.25, 0.3) is 5.91 Å². The fourth-order valence-corrected chi connectivity index (χ4v) is 6.82. The third-order valence-corrected chi connectivity index (χ3v) is 9.67. The number of likely N-dealkylation sites (N-methyl/N-ethyl adjacent to an activating group) is 1. The summed E-state index contributed by atoms with van der Waals surface area (Å²) in [5, 5.41) is 11.9.